The molecule has 1 atom stereocenters. The van der Waals surface area contributed by atoms with Gasteiger partial charge in [0, 0.05) is 11.6 Å². The molecule has 2 N–H and O–H groups in total. The van der Waals surface area contributed by atoms with Gasteiger partial charge in [0.1, 0.15) is 4.34 Å². The van der Waals surface area contributed by atoms with Gasteiger partial charge in [-0.25, -0.2) is 0 Å². The van der Waals surface area contributed by atoms with Gasteiger partial charge in [-0.1, -0.05) is 35.0 Å². The Labute approximate surface area is 156 Å². The number of aromatic nitrogens is 3. The monoisotopic (exact) mass is 404 g/mol. The maximum Gasteiger partial charge on any atom is 0.278 e. The molecular weight excluding hydrogens is 391 g/mol. The smallest absolute Gasteiger partial charge is 0.278 e. The maximum atomic E-state index is 12.2. The van der Waals surface area contributed by atoms with Crippen molar-refractivity contribution < 1.29 is 4.79 Å². The van der Waals surface area contributed by atoms with Crippen LogP contribution in [0.3, 0.4) is 0 Å². The third kappa shape index (κ3) is 4.30. The summed E-state index contributed by atoms with van der Waals surface area (Å²) in [5, 5.41) is 11.1. The van der Waals surface area contributed by atoms with Crippen LogP contribution in [-0.4, -0.2) is 32.9 Å². The highest BCUT2D eigenvalue weighted by molar-refractivity contribution is 7.99. The minimum atomic E-state index is -0.421. The van der Waals surface area contributed by atoms with E-state index in [0.29, 0.717) is 20.2 Å². The molecule has 3 rings (SSSR count). The zero-order chi connectivity index (χ0) is 17.3. The normalized spacial score (nSPS) is 15.3. The van der Waals surface area contributed by atoms with Crippen molar-refractivity contribution in [3.05, 3.63) is 25.1 Å². The van der Waals surface area contributed by atoms with E-state index in [0.717, 1.165) is 23.1 Å². The first-order valence-corrected chi connectivity index (χ1v) is 9.84. The van der Waals surface area contributed by atoms with Gasteiger partial charge in [-0.2, -0.15) is 0 Å². The molecule has 10 heteroatoms. The summed E-state index contributed by atoms with van der Waals surface area (Å²) in [5.41, 5.74) is 0.142. The van der Waals surface area contributed by atoms with Crippen LogP contribution >= 0.6 is 46.3 Å². The van der Waals surface area contributed by atoms with Crippen LogP contribution in [-0.2, 0) is 4.79 Å². The fourth-order valence-electron chi connectivity index (χ4n) is 2.21. The van der Waals surface area contributed by atoms with Gasteiger partial charge in [0.15, 0.2) is 10.9 Å². The lowest BCUT2D eigenvalue weighted by molar-refractivity contribution is -0.119. The second-order valence-corrected chi connectivity index (χ2v) is 8.78. The molecule has 1 amide bonds. The van der Waals surface area contributed by atoms with Crippen LogP contribution in [0.15, 0.2) is 16.0 Å². The van der Waals surface area contributed by atoms with E-state index in [2.05, 4.69) is 20.5 Å². The van der Waals surface area contributed by atoms with Crippen molar-refractivity contribution >= 4 is 52.2 Å². The zero-order valence-electron chi connectivity index (χ0n) is 12.6. The molecule has 6 nitrogen and oxygen atoms in total. The van der Waals surface area contributed by atoms with Crippen molar-refractivity contribution in [1.29, 1.82) is 0 Å². The van der Waals surface area contributed by atoms with Crippen molar-refractivity contribution in [2.24, 2.45) is 5.92 Å². The number of H-pyrrole nitrogens is 1. The summed E-state index contributed by atoms with van der Waals surface area (Å²) in [4.78, 5) is 26.6. The lowest BCUT2D eigenvalue weighted by Crippen LogP contribution is -2.35. The lowest BCUT2D eigenvalue weighted by atomic mass is 10.2. The Hall–Kier alpha value is -1.09. The summed E-state index contributed by atoms with van der Waals surface area (Å²) in [6, 6.07) is 1.77. The molecule has 0 spiro atoms. The Balaban J connectivity index is 1.63. The first-order chi connectivity index (χ1) is 11.4. The molecule has 0 unspecified atom stereocenters. The van der Waals surface area contributed by atoms with Crippen LogP contribution in [0.2, 0.25) is 8.67 Å². The number of thiophene rings is 1. The molecule has 1 aliphatic carbocycles. The van der Waals surface area contributed by atoms with Crippen LogP contribution in [0.4, 0.5) is 0 Å². The molecule has 2 heterocycles. The average Bonchev–Trinajstić information content (AvgIpc) is 3.31. The number of carbonyl (C=O) groups is 1. The van der Waals surface area contributed by atoms with E-state index in [4.69, 9.17) is 23.2 Å². The number of nitrogens with zero attached hydrogens (tertiary/aromatic N) is 2. The van der Waals surface area contributed by atoms with Gasteiger partial charge in [0.2, 0.25) is 5.91 Å². The molecule has 128 valence electrons. The Morgan fingerprint density at radius 3 is 2.83 bits per heavy atom. The standard InChI is InChI=1S/C14H14Cl2N4O2S2/c1-6(7-2-3-7)17-10(21)5-23-14-18-13(22)11(19-20-14)8-4-9(15)24-12(8)16/h4,6-7H,2-3,5H2,1H3,(H,17,21)(H,18,20,22)/t6-/m0/s1. The molecule has 0 saturated heterocycles. The second kappa shape index (κ2) is 7.43. The van der Waals surface area contributed by atoms with E-state index in [1.807, 2.05) is 6.92 Å². The fraction of sp³-hybridized carbons (Fsp3) is 0.429. The number of aromatic amines is 1. The van der Waals surface area contributed by atoms with Crippen LogP contribution in [0.5, 0.6) is 0 Å². The predicted octanol–water partition coefficient (Wildman–Crippen LogP) is 3.21. The molecule has 0 aliphatic heterocycles. The molecule has 0 bridgehead atoms. The van der Waals surface area contributed by atoms with Crippen molar-refractivity contribution in [2.45, 2.75) is 31.0 Å². The van der Waals surface area contributed by atoms with Gasteiger partial charge in [0.25, 0.3) is 5.56 Å². The van der Waals surface area contributed by atoms with Gasteiger partial charge < -0.3 is 5.32 Å². The maximum absolute atomic E-state index is 12.2. The van der Waals surface area contributed by atoms with Crippen molar-refractivity contribution in [3.8, 4) is 11.3 Å². The number of hydrogen-bond donors (Lipinski definition) is 2. The minimum Gasteiger partial charge on any atom is -0.353 e. The van der Waals surface area contributed by atoms with E-state index in [1.54, 1.807) is 6.07 Å². The minimum absolute atomic E-state index is 0.0845. The van der Waals surface area contributed by atoms with E-state index in [1.165, 1.54) is 12.8 Å². The van der Waals surface area contributed by atoms with Crippen LogP contribution < -0.4 is 10.9 Å². The SMILES string of the molecule is C[C@H](NC(=O)CSc1nnc(-c2cc(Cl)sc2Cl)c(=O)[nH]1)C1CC1. The number of thioether (sulfide) groups is 1. The van der Waals surface area contributed by atoms with Gasteiger partial charge in [-0.15, -0.1) is 21.5 Å². The van der Waals surface area contributed by atoms with Crippen LogP contribution in [0.25, 0.3) is 11.3 Å². The summed E-state index contributed by atoms with van der Waals surface area (Å²) in [5.74, 6) is 0.685. The molecule has 1 aliphatic rings. The van der Waals surface area contributed by atoms with E-state index < -0.39 is 5.56 Å². The number of halogens is 2. The predicted molar refractivity (Wildman–Crippen MR) is 97.0 cm³/mol. The average molecular weight is 405 g/mol. The summed E-state index contributed by atoms with van der Waals surface area (Å²) in [6.45, 7) is 2.01. The summed E-state index contributed by atoms with van der Waals surface area (Å²) >= 11 is 14.2. The van der Waals surface area contributed by atoms with Gasteiger partial charge in [-0.3, -0.25) is 14.6 Å². The zero-order valence-corrected chi connectivity index (χ0v) is 15.8. The molecule has 2 aromatic rings. The molecule has 1 fully saturated rings. The highest BCUT2D eigenvalue weighted by atomic mass is 35.5. The molecule has 0 aromatic carbocycles. The van der Waals surface area contributed by atoms with Gasteiger partial charge in [0.05, 0.1) is 10.1 Å². The fourth-order valence-corrected chi connectivity index (χ4v) is 4.29. The Morgan fingerprint density at radius 2 is 2.25 bits per heavy atom. The van der Waals surface area contributed by atoms with Crippen molar-refractivity contribution in [3.63, 3.8) is 0 Å². The highest BCUT2D eigenvalue weighted by Gasteiger charge is 2.28. The van der Waals surface area contributed by atoms with Crippen LogP contribution in [0, 0.1) is 5.92 Å². The molecule has 0 radical (unpaired) electrons. The van der Waals surface area contributed by atoms with Crippen LogP contribution in [0.1, 0.15) is 19.8 Å². The quantitative estimate of drug-likeness (QED) is 0.721. The molecule has 24 heavy (non-hydrogen) atoms. The van der Waals surface area contributed by atoms with Crippen molar-refractivity contribution in [2.75, 3.05) is 5.75 Å². The summed E-state index contributed by atoms with van der Waals surface area (Å²) in [6.07, 6.45) is 2.34. The van der Waals surface area contributed by atoms with Crippen molar-refractivity contribution in [1.82, 2.24) is 20.5 Å². The first-order valence-electron chi connectivity index (χ1n) is 7.28. The number of rotatable bonds is 6. The van der Waals surface area contributed by atoms with E-state index >= 15 is 0 Å². The molecule has 2 aromatic heterocycles. The first kappa shape index (κ1) is 17.7. The Morgan fingerprint density at radius 1 is 1.50 bits per heavy atom. The Kier molecular flexibility index (Phi) is 5.49. The topological polar surface area (TPSA) is 87.7 Å². The Bertz CT molecular complexity index is 819. The van der Waals surface area contributed by atoms with Gasteiger partial charge >= 0.3 is 0 Å². The summed E-state index contributed by atoms with van der Waals surface area (Å²) < 4.78 is 0.852. The molecular formula is C14H14Cl2N4O2S2. The van der Waals surface area contributed by atoms with Gasteiger partial charge in [-0.05, 0) is 31.7 Å². The third-order valence-corrected chi connectivity index (χ3v) is 6.00. The number of hydrogen-bond acceptors (Lipinski definition) is 6. The lowest BCUT2D eigenvalue weighted by Gasteiger charge is -2.11. The van der Waals surface area contributed by atoms with E-state index in [-0.39, 0.29) is 28.6 Å². The molecule has 1 saturated carbocycles. The number of nitrogens with one attached hydrogen (secondary N) is 2. The third-order valence-electron chi connectivity index (χ3n) is 3.65. The second-order valence-electron chi connectivity index (χ2n) is 5.53. The van der Waals surface area contributed by atoms with E-state index in [9.17, 15) is 9.59 Å². The summed E-state index contributed by atoms with van der Waals surface area (Å²) in [7, 11) is 0. The number of amides is 1. The number of carbonyl (C=O) groups excluding carboxylic acids is 1. The highest BCUT2D eigenvalue weighted by Crippen LogP contribution is 2.36. The largest absolute Gasteiger partial charge is 0.353 e.